The molecule has 3 heteroatoms. The summed E-state index contributed by atoms with van der Waals surface area (Å²) in [5.74, 6) is 2.47. The molecule has 1 saturated carbocycles. The van der Waals surface area contributed by atoms with E-state index < -0.39 is 0 Å². The number of benzene rings is 1. The van der Waals surface area contributed by atoms with Gasteiger partial charge >= 0.3 is 0 Å². The van der Waals surface area contributed by atoms with Gasteiger partial charge in [0.25, 0.3) is 0 Å². The monoisotopic (exact) mass is 257 g/mol. The molecule has 1 aliphatic carbocycles. The highest BCUT2D eigenvalue weighted by Gasteiger charge is 2.24. The SMILES string of the molecule is CC(CCN)c1ccc2c(c1)nc(C1CCC1)n2C. The fraction of sp³-hybridized carbons (Fsp3) is 0.562. The lowest BCUT2D eigenvalue weighted by atomic mass is 9.85. The quantitative estimate of drug-likeness (QED) is 0.913. The number of hydrogen-bond acceptors (Lipinski definition) is 2. The van der Waals surface area contributed by atoms with Gasteiger partial charge < -0.3 is 10.3 Å². The maximum absolute atomic E-state index is 5.65. The van der Waals surface area contributed by atoms with Crippen molar-refractivity contribution in [2.45, 2.75) is 44.4 Å². The number of rotatable bonds is 4. The van der Waals surface area contributed by atoms with Crippen molar-refractivity contribution in [1.29, 1.82) is 0 Å². The lowest BCUT2D eigenvalue weighted by Crippen LogP contribution is -2.13. The zero-order valence-corrected chi connectivity index (χ0v) is 11.9. The minimum absolute atomic E-state index is 0.517. The molecule has 1 aromatic heterocycles. The molecule has 2 aromatic rings. The van der Waals surface area contributed by atoms with Gasteiger partial charge in [0.2, 0.25) is 0 Å². The standard InChI is InChI=1S/C16H23N3/c1-11(8-9-17)13-6-7-15-14(10-13)18-16(19(15)2)12-4-3-5-12/h6-7,10-12H,3-5,8-9,17H2,1-2H3. The Labute approximate surface area is 114 Å². The van der Waals surface area contributed by atoms with Crippen LogP contribution in [0.4, 0.5) is 0 Å². The molecule has 1 atom stereocenters. The summed E-state index contributed by atoms with van der Waals surface area (Å²) in [4.78, 5) is 4.87. The van der Waals surface area contributed by atoms with Crippen molar-refractivity contribution in [2.24, 2.45) is 12.8 Å². The van der Waals surface area contributed by atoms with Gasteiger partial charge in [0.1, 0.15) is 5.82 Å². The lowest BCUT2D eigenvalue weighted by Gasteiger charge is -2.24. The molecule has 0 aliphatic heterocycles. The van der Waals surface area contributed by atoms with Crippen LogP contribution in [0.5, 0.6) is 0 Å². The molecule has 102 valence electrons. The van der Waals surface area contributed by atoms with Gasteiger partial charge in [-0.05, 0) is 49.4 Å². The molecule has 0 radical (unpaired) electrons. The van der Waals surface area contributed by atoms with Crippen LogP contribution < -0.4 is 5.73 Å². The predicted octanol–water partition coefficient (Wildman–Crippen LogP) is 3.29. The van der Waals surface area contributed by atoms with Gasteiger partial charge in [-0.25, -0.2) is 4.98 Å². The molecule has 0 spiro atoms. The maximum atomic E-state index is 5.65. The molecule has 0 amide bonds. The number of aryl methyl sites for hydroxylation is 1. The Morgan fingerprint density at radius 2 is 2.21 bits per heavy atom. The fourth-order valence-electron chi connectivity index (χ4n) is 2.99. The largest absolute Gasteiger partial charge is 0.331 e. The second kappa shape index (κ2) is 4.97. The number of aromatic nitrogens is 2. The predicted molar refractivity (Wildman–Crippen MR) is 79.4 cm³/mol. The fourth-order valence-corrected chi connectivity index (χ4v) is 2.99. The molecule has 1 aliphatic rings. The summed E-state index contributed by atoms with van der Waals surface area (Å²) in [6.07, 6.45) is 4.99. The van der Waals surface area contributed by atoms with Crippen LogP contribution in [0, 0.1) is 0 Å². The van der Waals surface area contributed by atoms with E-state index in [9.17, 15) is 0 Å². The Morgan fingerprint density at radius 3 is 2.84 bits per heavy atom. The van der Waals surface area contributed by atoms with E-state index in [2.05, 4.69) is 36.7 Å². The number of hydrogen-bond donors (Lipinski definition) is 1. The van der Waals surface area contributed by atoms with Gasteiger partial charge in [0.15, 0.2) is 0 Å². The second-order valence-electron chi connectivity index (χ2n) is 5.88. The summed E-state index contributed by atoms with van der Waals surface area (Å²) in [6, 6.07) is 6.69. The van der Waals surface area contributed by atoms with E-state index in [1.807, 2.05) is 0 Å². The molecule has 3 nitrogen and oxygen atoms in total. The van der Waals surface area contributed by atoms with Crippen molar-refractivity contribution in [3.63, 3.8) is 0 Å². The Balaban J connectivity index is 1.98. The summed E-state index contributed by atoms with van der Waals surface area (Å²) < 4.78 is 2.27. The summed E-state index contributed by atoms with van der Waals surface area (Å²) >= 11 is 0. The van der Waals surface area contributed by atoms with Crippen molar-refractivity contribution < 1.29 is 0 Å². The minimum atomic E-state index is 0.517. The van der Waals surface area contributed by atoms with Gasteiger partial charge in [-0.1, -0.05) is 19.4 Å². The highest BCUT2D eigenvalue weighted by atomic mass is 15.1. The number of imidazole rings is 1. The summed E-state index contributed by atoms with van der Waals surface area (Å²) in [5.41, 5.74) is 9.41. The number of fused-ring (bicyclic) bond motifs is 1. The zero-order valence-electron chi connectivity index (χ0n) is 11.9. The van der Waals surface area contributed by atoms with Gasteiger partial charge in [-0.3, -0.25) is 0 Å². The van der Waals surface area contributed by atoms with E-state index in [0.717, 1.165) is 18.5 Å². The zero-order chi connectivity index (χ0) is 13.4. The maximum Gasteiger partial charge on any atom is 0.112 e. The van der Waals surface area contributed by atoms with Gasteiger partial charge in [-0.15, -0.1) is 0 Å². The van der Waals surface area contributed by atoms with Crippen LogP contribution in [0.15, 0.2) is 18.2 Å². The third-order valence-corrected chi connectivity index (χ3v) is 4.58. The highest BCUT2D eigenvalue weighted by Crippen LogP contribution is 2.37. The Morgan fingerprint density at radius 1 is 1.42 bits per heavy atom. The van der Waals surface area contributed by atoms with E-state index in [1.165, 1.54) is 36.2 Å². The van der Waals surface area contributed by atoms with Gasteiger partial charge in [0.05, 0.1) is 11.0 Å². The van der Waals surface area contributed by atoms with Gasteiger partial charge in [0, 0.05) is 13.0 Å². The molecule has 3 rings (SSSR count). The molecule has 19 heavy (non-hydrogen) atoms. The smallest absolute Gasteiger partial charge is 0.112 e. The topological polar surface area (TPSA) is 43.8 Å². The van der Waals surface area contributed by atoms with Crippen molar-refractivity contribution in [2.75, 3.05) is 6.54 Å². The van der Waals surface area contributed by atoms with E-state index in [1.54, 1.807) is 0 Å². The van der Waals surface area contributed by atoms with Crippen LogP contribution in [0.25, 0.3) is 11.0 Å². The van der Waals surface area contributed by atoms with Crippen molar-refractivity contribution in [3.05, 3.63) is 29.6 Å². The molecule has 0 bridgehead atoms. The summed E-state index contributed by atoms with van der Waals surface area (Å²) in [6.45, 7) is 2.98. The molecular formula is C16H23N3. The highest BCUT2D eigenvalue weighted by molar-refractivity contribution is 5.77. The molecule has 0 saturated heterocycles. The molecule has 1 aromatic carbocycles. The van der Waals surface area contributed by atoms with E-state index in [0.29, 0.717) is 11.8 Å². The van der Waals surface area contributed by atoms with Gasteiger partial charge in [-0.2, -0.15) is 0 Å². The minimum Gasteiger partial charge on any atom is -0.331 e. The van der Waals surface area contributed by atoms with Crippen LogP contribution in [-0.2, 0) is 7.05 Å². The number of nitrogens with zero attached hydrogens (tertiary/aromatic N) is 2. The third-order valence-electron chi connectivity index (χ3n) is 4.58. The Kier molecular flexibility index (Phi) is 3.31. The van der Waals surface area contributed by atoms with Crippen LogP contribution in [0.3, 0.4) is 0 Å². The normalized spacial score (nSPS) is 17.6. The first-order valence-corrected chi connectivity index (χ1v) is 7.37. The number of nitrogens with two attached hydrogens (primary N) is 1. The van der Waals surface area contributed by atoms with Crippen molar-refractivity contribution in [1.82, 2.24) is 9.55 Å². The van der Waals surface area contributed by atoms with E-state index in [-0.39, 0.29) is 0 Å². The first-order chi connectivity index (χ1) is 9.20. The van der Waals surface area contributed by atoms with Crippen LogP contribution in [0.2, 0.25) is 0 Å². The molecular weight excluding hydrogens is 234 g/mol. The van der Waals surface area contributed by atoms with E-state index >= 15 is 0 Å². The Bertz CT molecular complexity index is 581. The molecule has 1 fully saturated rings. The summed E-state index contributed by atoms with van der Waals surface area (Å²) in [5, 5.41) is 0. The molecule has 1 unspecified atom stereocenters. The third kappa shape index (κ3) is 2.16. The van der Waals surface area contributed by atoms with Crippen LogP contribution in [-0.4, -0.2) is 16.1 Å². The second-order valence-corrected chi connectivity index (χ2v) is 5.88. The first kappa shape index (κ1) is 12.7. The molecule has 1 heterocycles. The van der Waals surface area contributed by atoms with Crippen LogP contribution in [0.1, 0.15) is 55.8 Å². The van der Waals surface area contributed by atoms with Crippen molar-refractivity contribution >= 4 is 11.0 Å². The molecule has 2 N–H and O–H groups in total. The lowest BCUT2D eigenvalue weighted by molar-refractivity contribution is 0.395. The Hall–Kier alpha value is -1.35. The van der Waals surface area contributed by atoms with E-state index in [4.69, 9.17) is 10.7 Å². The average molecular weight is 257 g/mol. The summed E-state index contributed by atoms with van der Waals surface area (Å²) in [7, 11) is 2.14. The first-order valence-electron chi connectivity index (χ1n) is 7.37. The average Bonchev–Trinajstić information content (AvgIpc) is 2.65. The van der Waals surface area contributed by atoms with Crippen LogP contribution >= 0.6 is 0 Å². The van der Waals surface area contributed by atoms with Crippen molar-refractivity contribution in [3.8, 4) is 0 Å².